The van der Waals surface area contributed by atoms with E-state index >= 15 is 0 Å². The number of nitrogens with one attached hydrogen (secondary N) is 3. The number of amides is 4. The predicted octanol–water partition coefficient (Wildman–Crippen LogP) is 1.69. The number of aromatic nitrogens is 1. The number of benzene rings is 1. The Hall–Kier alpha value is -3.07. The second kappa shape index (κ2) is 7.98. The second-order valence-electron chi connectivity index (χ2n) is 8.23. The lowest BCUT2D eigenvalue weighted by Gasteiger charge is -2.34. The zero-order valence-electron chi connectivity index (χ0n) is 16.9. The summed E-state index contributed by atoms with van der Waals surface area (Å²) in [5.74, 6) is -0.722. The number of hydrogen-bond donors (Lipinski definition) is 4. The third kappa shape index (κ3) is 4.11. The Morgan fingerprint density at radius 1 is 1.33 bits per heavy atom. The molecular formula is C21H26N4O5. The smallest absolute Gasteiger partial charge is 0.315 e. The fourth-order valence-electron chi connectivity index (χ4n) is 4.02. The van der Waals surface area contributed by atoms with Crippen LogP contribution in [0.1, 0.15) is 44.2 Å². The van der Waals surface area contributed by atoms with E-state index in [-0.39, 0.29) is 29.8 Å². The van der Waals surface area contributed by atoms with E-state index in [1.165, 1.54) is 4.57 Å². The molecule has 4 rings (SSSR count). The Kier molecular flexibility index (Phi) is 5.38. The summed E-state index contributed by atoms with van der Waals surface area (Å²) in [5, 5.41) is 20.1. The number of nitrogens with zero attached hydrogens (tertiary/aromatic N) is 1. The van der Waals surface area contributed by atoms with Crippen molar-refractivity contribution in [1.29, 1.82) is 0 Å². The molecule has 2 aliphatic heterocycles. The number of carbonyl (C=O) groups is 3. The van der Waals surface area contributed by atoms with Crippen LogP contribution in [0.5, 0.6) is 5.88 Å². The number of fused-ring (bicyclic) bond motifs is 1. The van der Waals surface area contributed by atoms with Crippen LogP contribution in [-0.4, -0.2) is 46.3 Å². The molecule has 2 saturated heterocycles. The molecule has 0 spiro atoms. The summed E-state index contributed by atoms with van der Waals surface area (Å²) in [5.41, 5.74) is 0.604. The molecule has 1 atom stereocenters. The molecule has 3 heterocycles. The minimum Gasteiger partial charge on any atom is -0.494 e. The van der Waals surface area contributed by atoms with Crippen LogP contribution >= 0.6 is 0 Å². The van der Waals surface area contributed by atoms with Crippen molar-refractivity contribution in [2.45, 2.75) is 50.7 Å². The van der Waals surface area contributed by atoms with Crippen LogP contribution in [-0.2, 0) is 20.9 Å². The molecule has 0 saturated carbocycles. The van der Waals surface area contributed by atoms with Crippen LogP contribution in [0, 0.1) is 0 Å². The molecule has 0 aliphatic carbocycles. The van der Waals surface area contributed by atoms with Gasteiger partial charge in [0, 0.05) is 48.7 Å². The number of imide groups is 1. The lowest BCUT2D eigenvalue weighted by Crippen LogP contribution is -2.52. The van der Waals surface area contributed by atoms with E-state index in [1.54, 1.807) is 12.3 Å². The molecule has 2 aliphatic rings. The molecule has 1 aromatic heterocycles. The molecule has 2 fully saturated rings. The molecule has 0 bridgehead atoms. The monoisotopic (exact) mass is 414 g/mol. The summed E-state index contributed by atoms with van der Waals surface area (Å²) < 4.78 is 6.85. The van der Waals surface area contributed by atoms with Crippen LogP contribution in [0.4, 0.5) is 4.79 Å². The van der Waals surface area contributed by atoms with E-state index in [9.17, 15) is 19.5 Å². The van der Waals surface area contributed by atoms with Gasteiger partial charge in [-0.15, -0.1) is 0 Å². The zero-order valence-corrected chi connectivity index (χ0v) is 16.9. The minimum absolute atomic E-state index is 0.0100. The van der Waals surface area contributed by atoms with Gasteiger partial charge in [-0.25, -0.2) is 4.79 Å². The highest BCUT2D eigenvalue weighted by Crippen LogP contribution is 2.33. The zero-order chi connectivity index (χ0) is 21.3. The summed E-state index contributed by atoms with van der Waals surface area (Å²) in [6.07, 6.45) is 3.84. The van der Waals surface area contributed by atoms with Crippen LogP contribution in [0.25, 0.3) is 10.8 Å². The fraction of sp³-hybridized carbons (Fsp3) is 0.476. The fourth-order valence-corrected chi connectivity index (χ4v) is 4.02. The molecule has 160 valence electrons. The Labute approximate surface area is 173 Å². The number of rotatable bonds is 4. The maximum atomic E-state index is 12.3. The predicted molar refractivity (Wildman–Crippen MR) is 109 cm³/mol. The number of ether oxygens (including phenoxy) is 1. The molecule has 1 unspecified atom stereocenters. The van der Waals surface area contributed by atoms with Gasteiger partial charge in [-0.3, -0.25) is 14.9 Å². The quantitative estimate of drug-likeness (QED) is 0.567. The Bertz CT molecular complexity index is 993. The van der Waals surface area contributed by atoms with Gasteiger partial charge in [-0.1, -0.05) is 6.07 Å². The van der Waals surface area contributed by atoms with Gasteiger partial charge in [0.05, 0.1) is 0 Å². The maximum Gasteiger partial charge on any atom is 0.315 e. The van der Waals surface area contributed by atoms with E-state index < -0.39 is 11.9 Å². The molecule has 4 amide bonds. The SMILES string of the molecule is CC1(NC(=O)NCc2ccc3c(O)n(C4CCC(=O)NC4=O)cc3c2)CCOCC1. The number of hydrogen-bond acceptors (Lipinski definition) is 5. The van der Waals surface area contributed by atoms with Gasteiger partial charge in [0.1, 0.15) is 6.04 Å². The number of carbonyl (C=O) groups excluding carboxylic acids is 3. The first-order valence-corrected chi connectivity index (χ1v) is 10.1. The molecule has 4 N–H and O–H groups in total. The summed E-state index contributed by atoms with van der Waals surface area (Å²) in [6, 6.07) is 4.61. The average molecular weight is 414 g/mol. The average Bonchev–Trinajstić information content (AvgIpc) is 3.02. The molecule has 1 aromatic carbocycles. The van der Waals surface area contributed by atoms with Gasteiger partial charge in [0.15, 0.2) is 5.88 Å². The van der Waals surface area contributed by atoms with Gasteiger partial charge in [0.25, 0.3) is 0 Å². The first kappa shape index (κ1) is 20.2. The summed E-state index contributed by atoms with van der Waals surface area (Å²) >= 11 is 0. The van der Waals surface area contributed by atoms with Gasteiger partial charge in [0.2, 0.25) is 11.8 Å². The largest absolute Gasteiger partial charge is 0.494 e. The van der Waals surface area contributed by atoms with E-state index in [2.05, 4.69) is 16.0 Å². The van der Waals surface area contributed by atoms with Crippen LogP contribution in [0.3, 0.4) is 0 Å². The van der Waals surface area contributed by atoms with Crippen molar-refractivity contribution in [2.75, 3.05) is 13.2 Å². The van der Waals surface area contributed by atoms with Crippen molar-refractivity contribution in [3.63, 3.8) is 0 Å². The van der Waals surface area contributed by atoms with Gasteiger partial charge in [-0.2, -0.15) is 0 Å². The van der Waals surface area contributed by atoms with E-state index in [4.69, 9.17) is 4.74 Å². The molecular weight excluding hydrogens is 388 g/mol. The Balaban J connectivity index is 1.44. The van der Waals surface area contributed by atoms with Crippen molar-refractivity contribution in [3.8, 4) is 5.88 Å². The normalized spacial score (nSPS) is 21.3. The van der Waals surface area contributed by atoms with Gasteiger partial charge in [-0.05, 0) is 43.9 Å². The maximum absolute atomic E-state index is 12.3. The number of piperidine rings is 1. The highest BCUT2D eigenvalue weighted by molar-refractivity contribution is 6.00. The molecule has 9 nitrogen and oxygen atoms in total. The highest BCUT2D eigenvalue weighted by atomic mass is 16.5. The van der Waals surface area contributed by atoms with Crippen LogP contribution < -0.4 is 16.0 Å². The second-order valence-corrected chi connectivity index (χ2v) is 8.23. The first-order chi connectivity index (χ1) is 14.3. The molecule has 30 heavy (non-hydrogen) atoms. The van der Waals surface area contributed by atoms with E-state index in [1.807, 2.05) is 19.1 Å². The first-order valence-electron chi connectivity index (χ1n) is 10.1. The summed E-state index contributed by atoms with van der Waals surface area (Å²) in [7, 11) is 0. The molecule has 2 aromatic rings. The van der Waals surface area contributed by atoms with Gasteiger partial charge >= 0.3 is 6.03 Å². The summed E-state index contributed by atoms with van der Waals surface area (Å²) in [6.45, 7) is 3.63. The topological polar surface area (TPSA) is 122 Å². The Morgan fingerprint density at radius 3 is 2.83 bits per heavy atom. The van der Waals surface area contributed by atoms with Crippen LogP contribution in [0.15, 0.2) is 24.4 Å². The Morgan fingerprint density at radius 2 is 2.10 bits per heavy atom. The van der Waals surface area contributed by atoms with Crippen molar-refractivity contribution < 1.29 is 24.2 Å². The lowest BCUT2D eigenvalue weighted by atomic mass is 9.93. The standard InChI is InChI=1S/C21H26N4O5/c1-21(6-8-30-9-7-21)24-20(29)22-11-13-2-3-15-14(10-13)12-25(19(15)28)16-4-5-17(26)23-18(16)27/h2-3,10,12,16,28H,4-9,11H2,1H3,(H2,22,24,29)(H,23,26,27). The van der Waals surface area contributed by atoms with Crippen LogP contribution in [0.2, 0.25) is 0 Å². The van der Waals surface area contributed by atoms with E-state index in [0.717, 1.165) is 23.8 Å². The van der Waals surface area contributed by atoms with Gasteiger partial charge < -0.3 is 25.0 Å². The van der Waals surface area contributed by atoms with Crippen molar-refractivity contribution >= 4 is 28.6 Å². The number of urea groups is 1. The van der Waals surface area contributed by atoms with E-state index in [0.29, 0.717) is 31.6 Å². The van der Waals surface area contributed by atoms with Crippen molar-refractivity contribution in [3.05, 3.63) is 30.0 Å². The third-order valence-electron chi connectivity index (χ3n) is 5.89. The molecule has 9 heteroatoms. The molecule has 0 radical (unpaired) electrons. The third-order valence-corrected chi connectivity index (χ3v) is 5.89. The lowest BCUT2D eigenvalue weighted by molar-refractivity contribution is -0.135. The minimum atomic E-state index is -0.623. The van der Waals surface area contributed by atoms with Crippen molar-refractivity contribution in [1.82, 2.24) is 20.5 Å². The number of aromatic hydroxyl groups is 1. The highest BCUT2D eigenvalue weighted by Gasteiger charge is 2.30. The van der Waals surface area contributed by atoms with Crippen molar-refractivity contribution in [2.24, 2.45) is 0 Å². The summed E-state index contributed by atoms with van der Waals surface area (Å²) in [4.78, 5) is 35.8.